The first kappa shape index (κ1) is 13.4. The van der Waals surface area contributed by atoms with Crippen molar-refractivity contribution in [3.8, 4) is 0 Å². The molecule has 4 atom stereocenters. The van der Waals surface area contributed by atoms with Crippen LogP contribution in [0, 0.1) is 11.8 Å². The summed E-state index contributed by atoms with van der Waals surface area (Å²) < 4.78 is 5.64. The van der Waals surface area contributed by atoms with E-state index in [-0.39, 0.29) is 0 Å². The molecule has 2 nitrogen and oxygen atoms in total. The van der Waals surface area contributed by atoms with Crippen LogP contribution >= 0.6 is 0 Å². The molecule has 1 N–H and O–H groups in total. The Hall–Kier alpha value is -0.0800. The van der Waals surface area contributed by atoms with Gasteiger partial charge in [-0.2, -0.15) is 0 Å². The third-order valence-corrected chi connectivity index (χ3v) is 4.41. The van der Waals surface area contributed by atoms with Gasteiger partial charge in [0.1, 0.15) is 0 Å². The Balaban J connectivity index is 1.76. The van der Waals surface area contributed by atoms with Gasteiger partial charge in [0.25, 0.3) is 0 Å². The fourth-order valence-electron chi connectivity index (χ4n) is 3.58. The summed E-state index contributed by atoms with van der Waals surface area (Å²) in [7, 11) is 0. The van der Waals surface area contributed by atoms with Crippen LogP contribution in [0.5, 0.6) is 0 Å². The Morgan fingerprint density at radius 3 is 2.71 bits per heavy atom. The number of rotatable bonds is 4. The number of ether oxygens (including phenoxy) is 1. The molecule has 0 bridgehead atoms. The maximum Gasteiger partial charge on any atom is 0.0700 e. The molecule has 1 heterocycles. The molecule has 2 heteroatoms. The van der Waals surface area contributed by atoms with E-state index < -0.39 is 0 Å². The second-order valence-electron chi connectivity index (χ2n) is 6.50. The molecular formula is C15H29NO. The highest BCUT2D eigenvalue weighted by molar-refractivity contribution is 4.86. The van der Waals surface area contributed by atoms with Crippen LogP contribution in [0.1, 0.15) is 59.3 Å². The monoisotopic (exact) mass is 239 g/mol. The fraction of sp³-hybridized carbons (Fsp3) is 1.00. The molecule has 2 aliphatic rings. The van der Waals surface area contributed by atoms with Crippen LogP contribution in [-0.4, -0.2) is 24.8 Å². The van der Waals surface area contributed by atoms with E-state index in [4.69, 9.17) is 4.74 Å². The third-order valence-electron chi connectivity index (χ3n) is 4.41. The summed E-state index contributed by atoms with van der Waals surface area (Å²) >= 11 is 0. The van der Waals surface area contributed by atoms with Gasteiger partial charge < -0.3 is 10.1 Å². The molecule has 0 radical (unpaired) electrons. The van der Waals surface area contributed by atoms with E-state index in [1.165, 1.54) is 38.5 Å². The summed E-state index contributed by atoms with van der Waals surface area (Å²) in [5.41, 5.74) is 0. The van der Waals surface area contributed by atoms with Crippen molar-refractivity contribution in [3.63, 3.8) is 0 Å². The van der Waals surface area contributed by atoms with Gasteiger partial charge in [-0.15, -0.1) is 0 Å². The SMILES string of the molecule is CC(C)CC1CCCC(NC2CCOC2C)C1. The lowest BCUT2D eigenvalue weighted by Gasteiger charge is -2.33. The second kappa shape index (κ2) is 6.19. The first-order valence-corrected chi connectivity index (χ1v) is 7.52. The van der Waals surface area contributed by atoms with E-state index in [1.54, 1.807) is 0 Å². The van der Waals surface area contributed by atoms with Crippen LogP contribution in [0.2, 0.25) is 0 Å². The summed E-state index contributed by atoms with van der Waals surface area (Å²) in [4.78, 5) is 0. The first-order chi connectivity index (χ1) is 8.15. The molecule has 2 rings (SSSR count). The molecule has 1 saturated carbocycles. The topological polar surface area (TPSA) is 21.3 Å². The van der Waals surface area contributed by atoms with Crippen molar-refractivity contribution in [1.82, 2.24) is 5.32 Å². The van der Waals surface area contributed by atoms with E-state index in [0.717, 1.165) is 24.5 Å². The zero-order valence-corrected chi connectivity index (χ0v) is 11.7. The number of hydrogen-bond acceptors (Lipinski definition) is 2. The molecule has 0 aromatic rings. The van der Waals surface area contributed by atoms with Gasteiger partial charge in [0.2, 0.25) is 0 Å². The predicted molar refractivity (Wildman–Crippen MR) is 72.2 cm³/mol. The van der Waals surface area contributed by atoms with Crippen molar-refractivity contribution in [2.75, 3.05) is 6.61 Å². The van der Waals surface area contributed by atoms with Crippen LogP contribution in [0.25, 0.3) is 0 Å². The molecule has 0 spiro atoms. The highest BCUT2D eigenvalue weighted by Crippen LogP contribution is 2.30. The van der Waals surface area contributed by atoms with Crippen molar-refractivity contribution in [1.29, 1.82) is 0 Å². The molecule has 4 unspecified atom stereocenters. The molecule has 17 heavy (non-hydrogen) atoms. The summed E-state index contributed by atoms with van der Waals surface area (Å²) in [6.07, 6.45) is 8.66. The Labute approximate surface area is 107 Å². The average molecular weight is 239 g/mol. The van der Waals surface area contributed by atoms with Gasteiger partial charge in [-0.25, -0.2) is 0 Å². The second-order valence-corrected chi connectivity index (χ2v) is 6.50. The average Bonchev–Trinajstić information content (AvgIpc) is 2.64. The Morgan fingerprint density at radius 2 is 2.06 bits per heavy atom. The van der Waals surface area contributed by atoms with E-state index in [1.807, 2.05) is 0 Å². The van der Waals surface area contributed by atoms with E-state index in [2.05, 4.69) is 26.1 Å². The van der Waals surface area contributed by atoms with E-state index in [0.29, 0.717) is 12.1 Å². The molecule has 0 amide bonds. The summed E-state index contributed by atoms with van der Waals surface area (Å²) in [6.45, 7) is 7.86. The third kappa shape index (κ3) is 3.96. The minimum atomic E-state index is 0.417. The van der Waals surface area contributed by atoms with Crippen LogP contribution in [0.3, 0.4) is 0 Å². The molecular weight excluding hydrogens is 210 g/mol. The predicted octanol–water partition coefficient (Wildman–Crippen LogP) is 3.36. The Kier molecular flexibility index (Phi) is 4.87. The fourth-order valence-corrected chi connectivity index (χ4v) is 3.58. The summed E-state index contributed by atoms with van der Waals surface area (Å²) in [5.74, 6) is 1.81. The lowest BCUT2D eigenvalue weighted by atomic mass is 9.81. The molecule has 1 aliphatic carbocycles. The zero-order valence-electron chi connectivity index (χ0n) is 11.7. The molecule has 100 valence electrons. The van der Waals surface area contributed by atoms with Crippen molar-refractivity contribution in [2.24, 2.45) is 11.8 Å². The summed E-state index contributed by atoms with van der Waals surface area (Å²) in [5, 5.41) is 3.85. The molecule has 2 fully saturated rings. The molecule has 1 saturated heterocycles. The minimum absolute atomic E-state index is 0.417. The van der Waals surface area contributed by atoms with Crippen molar-refractivity contribution >= 4 is 0 Å². The number of hydrogen-bond donors (Lipinski definition) is 1. The lowest BCUT2D eigenvalue weighted by molar-refractivity contribution is 0.107. The van der Waals surface area contributed by atoms with Gasteiger partial charge in [0.15, 0.2) is 0 Å². The zero-order chi connectivity index (χ0) is 12.3. The number of nitrogens with one attached hydrogen (secondary N) is 1. The van der Waals surface area contributed by atoms with Crippen molar-refractivity contribution in [2.45, 2.75) is 77.5 Å². The summed E-state index contributed by atoms with van der Waals surface area (Å²) in [6, 6.07) is 1.36. The van der Waals surface area contributed by atoms with Gasteiger partial charge >= 0.3 is 0 Å². The van der Waals surface area contributed by atoms with Crippen molar-refractivity contribution < 1.29 is 4.74 Å². The molecule has 0 aromatic heterocycles. The molecule has 0 aromatic carbocycles. The standard InChI is InChI=1S/C15H29NO/c1-11(2)9-13-5-4-6-14(10-13)16-15-7-8-17-12(15)3/h11-16H,4-10H2,1-3H3. The smallest absolute Gasteiger partial charge is 0.0700 e. The first-order valence-electron chi connectivity index (χ1n) is 7.52. The van der Waals surface area contributed by atoms with Crippen LogP contribution in [0.15, 0.2) is 0 Å². The Morgan fingerprint density at radius 1 is 1.24 bits per heavy atom. The van der Waals surface area contributed by atoms with E-state index in [9.17, 15) is 0 Å². The molecule has 1 aliphatic heterocycles. The quantitative estimate of drug-likeness (QED) is 0.812. The van der Waals surface area contributed by atoms with Gasteiger partial charge in [-0.3, -0.25) is 0 Å². The minimum Gasteiger partial charge on any atom is -0.377 e. The maximum absolute atomic E-state index is 5.64. The largest absolute Gasteiger partial charge is 0.377 e. The van der Waals surface area contributed by atoms with Gasteiger partial charge in [-0.05, 0) is 44.4 Å². The lowest BCUT2D eigenvalue weighted by Crippen LogP contribution is -2.44. The van der Waals surface area contributed by atoms with Crippen molar-refractivity contribution in [3.05, 3.63) is 0 Å². The van der Waals surface area contributed by atoms with Crippen LogP contribution < -0.4 is 5.32 Å². The van der Waals surface area contributed by atoms with Gasteiger partial charge in [-0.1, -0.05) is 26.7 Å². The van der Waals surface area contributed by atoms with Crippen LogP contribution in [-0.2, 0) is 4.74 Å². The van der Waals surface area contributed by atoms with Crippen LogP contribution in [0.4, 0.5) is 0 Å². The van der Waals surface area contributed by atoms with Gasteiger partial charge in [0.05, 0.1) is 6.10 Å². The highest BCUT2D eigenvalue weighted by atomic mass is 16.5. The normalized spacial score (nSPS) is 38.8. The highest BCUT2D eigenvalue weighted by Gasteiger charge is 2.29. The van der Waals surface area contributed by atoms with E-state index >= 15 is 0 Å². The maximum atomic E-state index is 5.64. The van der Waals surface area contributed by atoms with Gasteiger partial charge in [0, 0.05) is 18.7 Å². The Bertz CT molecular complexity index is 229.